The highest BCUT2D eigenvalue weighted by atomic mass is 16.4. The van der Waals surface area contributed by atoms with Crippen molar-refractivity contribution in [3.05, 3.63) is 48.3 Å². The Bertz CT molecular complexity index is 841. The third-order valence-corrected chi connectivity index (χ3v) is 3.44. The lowest BCUT2D eigenvalue weighted by molar-refractivity contribution is 0.0697. The summed E-state index contributed by atoms with van der Waals surface area (Å²) in [5, 5.41) is 16.6. The lowest BCUT2D eigenvalue weighted by atomic mass is 9.99. The van der Waals surface area contributed by atoms with Gasteiger partial charge >= 0.3 is 5.97 Å². The van der Waals surface area contributed by atoms with Crippen molar-refractivity contribution in [3.63, 3.8) is 0 Å². The summed E-state index contributed by atoms with van der Waals surface area (Å²) in [7, 11) is 0. The van der Waals surface area contributed by atoms with E-state index in [-0.39, 0.29) is 0 Å². The molecule has 1 aromatic heterocycles. The molecule has 106 valence electrons. The summed E-state index contributed by atoms with van der Waals surface area (Å²) in [6.45, 7) is 4.15. The second-order valence-corrected chi connectivity index (χ2v) is 5.39. The molecule has 0 radical (unpaired) electrons. The molecule has 3 rings (SSSR count). The molecule has 2 N–H and O–H groups in total. The van der Waals surface area contributed by atoms with Crippen molar-refractivity contribution < 1.29 is 9.90 Å². The fraction of sp³-hybridized carbons (Fsp3) is 0.176. The number of nitrogens with one attached hydrogen (secondary N) is 1. The molecule has 0 atom stereocenters. The lowest BCUT2D eigenvalue weighted by Gasteiger charge is -2.15. The zero-order chi connectivity index (χ0) is 15.0. The van der Waals surface area contributed by atoms with Gasteiger partial charge in [-0.15, -0.1) is 0 Å². The Balaban J connectivity index is 2.35. The van der Waals surface area contributed by atoms with Crippen molar-refractivity contribution in [1.29, 1.82) is 0 Å². The summed E-state index contributed by atoms with van der Waals surface area (Å²) < 4.78 is 0. The van der Waals surface area contributed by atoms with Gasteiger partial charge in [0.05, 0.1) is 5.56 Å². The van der Waals surface area contributed by atoms with Gasteiger partial charge in [-0.1, -0.05) is 6.07 Å². The summed E-state index contributed by atoms with van der Waals surface area (Å²) in [4.78, 5) is 15.3. The number of hydrogen-bond acceptors (Lipinski definition) is 3. The highest BCUT2D eigenvalue weighted by Gasteiger charge is 2.10. The molecular formula is C17H16N2O2. The maximum Gasteiger partial charge on any atom is 0.335 e. The lowest BCUT2D eigenvalue weighted by Crippen LogP contribution is -2.10. The monoisotopic (exact) mass is 280 g/mol. The molecule has 3 aromatic rings. The van der Waals surface area contributed by atoms with Crippen LogP contribution >= 0.6 is 0 Å². The van der Waals surface area contributed by atoms with E-state index in [0.717, 1.165) is 27.2 Å². The molecule has 1 heterocycles. The van der Waals surface area contributed by atoms with Crippen LogP contribution in [0.5, 0.6) is 0 Å². The fourth-order valence-electron chi connectivity index (χ4n) is 2.57. The zero-order valence-electron chi connectivity index (χ0n) is 11.9. The minimum absolute atomic E-state index is 0.293. The number of aromatic nitrogens is 1. The Kier molecular flexibility index (Phi) is 3.22. The molecule has 21 heavy (non-hydrogen) atoms. The van der Waals surface area contributed by atoms with Crippen molar-refractivity contribution >= 4 is 33.2 Å². The predicted octanol–water partition coefficient (Wildman–Crippen LogP) is 3.91. The van der Waals surface area contributed by atoms with Gasteiger partial charge in [-0.3, -0.25) is 4.98 Å². The first-order chi connectivity index (χ1) is 10.1. The standard InChI is InChI=1S/C17H16N2O2/c1-10(2)19-16-8-12-7-11(17(20)21)3-4-13(12)15-9-18-6-5-14(15)16/h3-10,19H,1-2H3,(H,20,21). The minimum Gasteiger partial charge on any atom is -0.478 e. The van der Waals surface area contributed by atoms with Gasteiger partial charge in [-0.05, 0) is 48.9 Å². The number of pyridine rings is 1. The van der Waals surface area contributed by atoms with Crippen LogP contribution in [0.4, 0.5) is 5.69 Å². The molecule has 0 unspecified atom stereocenters. The number of benzene rings is 2. The molecule has 4 heteroatoms. The predicted molar refractivity (Wildman–Crippen MR) is 85.0 cm³/mol. The molecule has 0 saturated carbocycles. The fourth-order valence-corrected chi connectivity index (χ4v) is 2.57. The van der Waals surface area contributed by atoms with E-state index in [1.165, 1.54) is 0 Å². The smallest absolute Gasteiger partial charge is 0.335 e. The third kappa shape index (κ3) is 2.40. The van der Waals surface area contributed by atoms with Gasteiger partial charge in [0.1, 0.15) is 0 Å². The topological polar surface area (TPSA) is 62.2 Å². The van der Waals surface area contributed by atoms with Crippen LogP contribution in [0.2, 0.25) is 0 Å². The number of nitrogens with zero attached hydrogens (tertiary/aromatic N) is 1. The Morgan fingerprint density at radius 3 is 2.67 bits per heavy atom. The first-order valence-corrected chi connectivity index (χ1v) is 6.86. The van der Waals surface area contributed by atoms with E-state index in [0.29, 0.717) is 11.6 Å². The Labute approximate surface area is 122 Å². The Morgan fingerprint density at radius 2 is 1.95 bits per heavy atom. The quantitative estimate of drug-likeness (QED) is 0.714. The highest BCUT2D eigenvalue weighted by Crippen LogP contribution is 2.32. The van der Waals surface area contributed by atoms with Crippen LogP contribution in [0.1, 0.15) is 24.2 Å². The molecule has 4 nitrogen and oxygen atoms in total. The van der Waals surface area contributed by atoms with Gasteiger partial charge in [-0.2, -0.15) is 0 Å². The molecular weight excluding hydrogens is 264 g/mol. The first-order valence-electron chi connectivity index (χ1n) is 6.86. The molecule has 0 bridgehead atoms. The van der Waals surface area contributed by atoms with E-state index < -0.39 is 5.97 Å². The largest absolute Gasteiger partial charge is 0.478 e. The number of carboxylic acids is 1. The molecule has 0 aliphatic heterocycles. The number of aromatic carboxylic acids is 1. The van der Waals surface area contributed by atoms with E-state index in [2.05, 4.69) is 24.1 Å². The van der Waals surface area contributed by atoms with E-state index >= 15 is 0 Å². The molecule has 0 aliphatic rings. The van der Waals surface area contributed by atoms with Crippen molar-refractivity contribution in [1.82, 2.24) is 4.98 Å². The molecule has 0 aliphatic carbocycles. The van der Waals surface area contributed by atoms with Crippen molar-refractivity contribution in [2.45, 2.75) is 19.9 Å². The summed E-state index contributed by atoms with van der Waals surface area (Å²) in [5.41, 5.74) is 1.29. The number of fused-ring (bicyclic) bond motifs is 3. The summed E-state index contributed by atoms with van der Waals surface area (Å²) in [6, 6.07) is 9.46. The van der Waals surface area contributed by atoms with Gasteiger partial charge in [0.15, 0.2) is 0 Å². The SMILES string of the molecule is CC(C)Nc1cc2cc(C(=O)O)ccc2c2cnccc12. The highest BCUT2D eigenvalue weighted by molar-refractivity contribution is 6.13. The van der Waals surface area contributed by atoms with Crippen molar-refractivity contribution in [3.8, 4) is 0 Å². The second kappa shape index (κ2) is 5.05. The Hall–Kier alpha value is -2.62. The normalized spacial score (nSPS) is 11.2. The molecule has 2 aromatic carbocycles. The number of anilines is 1. The van der Waals surface area contributed by atoms with Crippen molar-refractivity contribution in [2.75, 3.05) is 5.32 Å². The number of carboxylic acid groups (broad SMARTS) is 1. The zero-order valence-corrected chi connectivity index (χ0v) is 11.9. The average Bonchev–Trinajstić information content (AvgIpc) is 2.46. The van der Waals surface area contributed by atoms with E-state index in [9.17, 15) is 4.79 Å². The average molecular weight is 280 g/mol. The molecule has 0 saturated heterocycles. The third-order valence-electron chi connectivity index (χ3n) is 3.44. The van der Waals surface area contributed by atoms with Gasteiger partial charge in [0.2, 0.25) is 0 Å². The van der Waals surface area contributed by atoms with Crippen LogP contribution in [-0.4, -0.2) is 22.1 Å². The number of carbonyl (C=O) groups is 1. The van der Waals surface area contributed by atoms with E-state index in [4.69, 9.17) is 5.11 Å². The molecule has 0 amide bonds. The molecule has 0 spiro atoms. The van der Waals surface area contributed by atoms with Crippen LogP contribution in [-0.2, 0) is 0 Å². The summed E-state index contributed by atoms with van der Waals surface area (Å²) >= 11 is 0. The van der Waals surface area contributed by atoms with Crippen LogP contribution in [0.25, 0.3) is 21.5 Å². The number of hydrogen-bond donors (Lipinski definition) is 2. The molecule has 0 fully saturated rings. The maximum atomic E-state index is 11.1. The first kappa shape index (κ1) is 13.4. The van der Waals surface area contributed by atoms with Crippen molar-refractivity contribution in [2.24, 2.45) is 0 Å². The number of rotatable bonds is 3. The van der Waals surface area contributed by atoms with Crippen LogP contribution in [0, 0.1) is 0 Å². The maximum absolute atomic E-state index is 11.1. The Morgan fingerprint density at radius 1 is 1.14 bits per heavy atom. The van der Waals surface area contributed by atoms with E-state index in [1.54, 1.807) is 18.3 Å². The van der Waals surface area contributed by atoms with Gasteiger partial charge in [-0.25, -0.2) is 4.79 Å². The summed E-state index contributed by atoms with van der Waals surface area (Å²) in [5.74, 6) is -0.915. The van der Waals surface area contributed by atoms with Gasteiger partial charge in [0.25, 0.3) is 0 Å². The van der Waals surface area contributed by atoms with Gasteiger partial charge in [0, 0.05) is 34.9 Å². The van der Waals surface area contributed by atoms with Gasteiger partial charge < -0.3 is 10.4 Å². The van der Waals surface area contributed by atoms with Crippen LogP contribution < -0.4 is 5.32 Å². The second-order valence-electron chi connectivity index (χ2n) is 5.39. The summed E-state index contributed by atoms with van der Waals surface area (Å²) in [6.07, 6.45) is 3.59. The van der Waals surface area contributed by atoms with Crippen LogP contribution in [0.3, 0.4) is 0 Å². The van der Waals surface area contributed by atoms with E-state index in [1.807, 2.05) is 24.4 Å². The van der Waals surface area contributed by atoms with Crippen LogP contribution in [0.15, 0.2) is 42.7 Å². The minimum atomic E-state index is -0.915.